The third-order valence-corrected chi connectivity index (χ3v) is 9.24. The summed E-state index contributed by atoms with van der Waals surface area (Å²) in [5.41, 5.74) is 4.37. The van der Waals surface area contributed by atoms with Crippen LogP contribution in [0.15, 0.2) is 36.4 Å². The Hall–Kier alpha value is -2.81. The van der Waals surface area contributed by atoms with E-state index in [1.165, 1.54) is 22.3 Å². The van der Waals surface area contributed by atoms with Crippen LogP contribution in [0.25, 0.3) is 0 Å². The average molecular weight is 457 g/mol. The minimum absolute atomic E-state index is 0.0692. The summed E-state index contributed by atoms with van der Waals surface area (Å²) in [6.07, 6.45) is 2.76. The first-order valence-electron chi connectivity index (χ1n) is 12.3. The van der Waals surface area contributed by atoms with Crippen LogP contribution in [0.2, 0.25) is 0 Å². The molecule has 1 N–H and O–H groups in total. The molecule has 34 heavy (non-hydrogen) atoms. The number of carbonyl (C=O) groups is 1. The van der Waals surface area contributed by atoms with Gasteiger partial charge in [-0.15, -0.1) is 0 Å². The molecular weight excluding hydrogens is 424 g/mol. The number of likely N-dealkylation sites (tertiary alicyclic amines) is 1. The minimum Gasteiger partial charge on any atom is -0.487 e. The third kappa shape index (κ3) is 2.73. The Kier molecular flexibility index (Phi) is 4.69. The van der Waals surface area contributed by atoms with Crippen molar-refractivity contribution in [1.82, 2.24) is 9.80 Å². The van der Waals surface area contributed by atoms with Gasteiger partial charge in [0.1, 0.15) is 11.9 Å². The summed E-state index contributed by atoms with van der Waals surface area (Å²) >= 11 is 0. The number of likely N-dealkylation sites (N-methyl/N-ethyl adjacent to an activating group) is 2. The summed E-state index contributed by atoms with van der Waals surface area (Å²) in [5.74, 6) is 6.60. The molecule has 0 radical (unpaired) electrons. The molecule has 2 aliphatic carbocycles. The Labute approximate surface area is 201 Å². The maximum Gasteiger partial charge on any atom is 0.298 e. The van der Waals surface area contributed by atoms with E-state index in [0.717, 1.165) is 30.7 Å². The number of hydrogen-bond donors (Lipinski definition) is 1. The van der Waals surface area contributed by atoms with Gasteiger partial charge in [0.05, 0.1) is 17.1 Å². The van der Waals surface area contributed by atoms with E-state index in [2.05, 4.69) is 49.8 Å². The van der Waals surface area contributed by atoms with Gasteiger partial charge >= 0.3 is 0 Å². The molecule has 2 heterocycles. The van der Waals surface area contributed by atoms with Crippen molar-refractivity contribution >= 4 is 5.91 Å². The molecular formula is C29H32N2O3. The molecule has 5 nitrogen and oxygen atoms in total. The second-order valence-electron chi connectivity index (χ2n) is 10.7. The summed E-state index contributed by atoms with van der Waals surface area (Å²) < 4.78 is 6.63. The van der Waals surface area contributed by atoms with Crippen molar-refractivity contribution in [1.29, 1.82) is 0 Å². The highest BCUT2D eigenvalue weighted by molar-refractivity contribution is 5.94. The van der Waals surface area contributed by atoms with Crippen LogP contribution in [0.4, 0.5) is 0 Å². The maximum absolute atomic E-state index is 13.2. The number of hydrogen-bond acceptors (Lipinski definition) is 4. The SMILES string of the molecule is Cc1ccc(C#CC(=O)N(C)[C@H]2CC[C@@]3(O)[C@H]4Cc5cccc6c5[C@@]3(CCN4C)[C@H]2O6)cc1C. The monoisotopic (exact) mass is 456 g/mol. The van der Waals surface area contributed by atoms with Gasteiger partial charge in [0, 0.05) is 30.1 Å². The molecule has 1 saturated carbocycles. The van der Waals surface area contributed by atoms with Crippen LogP contribution in [0, 0.1) is 25.7 Å². The first kappa shape index (κ1) is 21.7. The number of nitrogens with zero attached hydrogens (tertiary/aromatic N) is 2. The van der Waals surface area contributed by atoms with Gasteiger partial charge in [-0.2, -0.15) is 0 Å². The molecule has 4 aliphatic rings. The Morgan fingerprint density at radius 2 is 2.03 bits per heavy atom. The lowest BCUT2D eigenvalue weighted by molar-refractivity contribution is -0.195. The van der Waals surface area contributed by atoms with Gasteiger partial charge < -0.3 is 19.6 Å². The second kappa shape index (κ2) is 7.34. The van der Waals surface area contributed by atoms with Crippen molar-refractivity contribution in [2.45, 2.75) is 68.7 Å². The van der Waals surface area contributed by atoms with Gasteiger partial charge in [0.15, 0.2) is 0 Å². The lowest BCUT2D eigenvalue weighted by atomic mass is 9.48. The van der Waals surface area contributed by atoms with Crippen molar-refractivity contribution in [2.75, 3.05) is 20.6 Å². The largest absolute Gasteiger partial charge is 0.487 e. The van der Waals surface area contributed by atoms with Crippen molar-refractivity contribution in [2.24, 2.45) is 0 Å². The van der Waals surface area contributed by atoms with Crippen molar-refractivity contribution in [3.05, 3.63) is 64.2 Å². The number of benzene rings is 2. The molecule has 2 aliphatic heterocycles. The highest BCUT2D eigenvalue weighted by Crippen LogP contribution is 2.64. The number of aliphatic hydroxyl groups is 1. The van der Waals surface area contributed by atoms with Crippen LogP contribution in [-0.4, -0.2) is 65.2 Å². The normalized spacial score (nSPS) is 32.8. The fraction of sp³-hybridized carbons (Fsp3) is 0.483. The molecule has 5 atom stereocenters. The number of aryl methyl sites for hydroxylation is 2. The predicted molar refractivity (Wildman–Crippen MR) is 131 cm³/mol. The lowest BCUT2D eigenvalue weighted by Crippen LogP contribution is -2.77. The second-order valence-corrected chi connectivity index (χ2v) is 10.7. The molecule has 1 amide bonds. The zero-order valence-corrected chi connectivity index (χ0v) is 20.4. The highest BCUT2D eigenvalue weighted by Gasteiger charge is 2.72. The molecule has 0 unspecified atom stereocenters. The molecule has 6 rings (SSSR count). The fourth-order valence-electron chi connectivity index (χ4n) is 7.28. The summed E-state index contributed by atoms with van der Waals surface area (Å²) in [6, 6.07) is 12.2. The standard InChI is InChI=1S/C29H32N2O3/c1-18-8-9-20(16-19(18)2)10-11-25(32)31(4)22-12-13-29(33)24-17-21-6-5-7-23-26(21)28(29,27(22)34-23)14-15-30(24)3/h5-9,16,22,24,27,33H,12-15,17H2,1-4H3/t22-,24+,27-,28-,29+/m0/s1. The van der Waals surface area contributed by atoms with E-state index in [4.69, 9.17) is 4.74 Å². The molecule has 2 aromatic rings. The predicted octanol–water partition coefficient (Wildman–Crippen LogP) is 2.97. The zero-order chi connectivity index (χ0) is 23.8. The van der Waals surface area contributed by atoms with E-state index in [9.17, 15) is 9.90 Å². The Balaban J connectivity index is 1.36. The molecule has 0 aromatic heterocycles. The van der Waals surface area contributed by atoms with Crippen molar-refractivity contribution in [3.63, 3.8) is 0 Å². The zero-order valence-electron chi connectivity index (χ0n) is 20.4. The van der Waals surface area contributed by atoms with Gasteiger partial charge in [-0.3, -0.25) is 4.79 Å². The number of ether oxygens (including phenoxy) is 1. The number of piperidine rings is 1. The number of carbonyl (C=O) groups excluding carboxylic acids is 1. The van der Waals surface area contributed by atoms with Crippen LogP contribution in [0.3, 0.4) is 0 Å². The number of rotatable bonds is 1. The molecule has 2 aromatic carbocycles. The van der Waals surface area contributed by atoms with E-state index in [1.807, 2.05) is 31.3 Å². The number of amides is 1. The maximum atomic E-state index is 13.2. The van der Waals surface area contributed by atoms with Gasteiger partial charge in [0.2, 0.25) is 0 Å². The fourth-order valence-corrected chi connectivity index (χ4v) is 7.28. The topological polar surface area (TPSA) is 53.0 Å². The summed E-state index contributed by atoms with van der Waals surface area (Å²) in [7, 11) is 3.96. The van der Waals surface area contributed by atoms with Gasteiger partial charge in [-0.05, 0) is 88.0 Å². The van der Waals surface area contributed by atoms with Crippen LogP contribution < -0.4 is 4.74 Å². The highest BCUT2D eigenvalue weighted by atomic mass is 16.5. The Morgan fingerprint density at radius 3 is 2.82 bits per heavy atom. The van der Waals surface area contributed by atoms with E-state index >= 15 is 0 Å². The first-order chi connectivity index (χ1) is 16.3. The van der Waals surface area contributed by atoms with Crippen molar-refractivity contribution < 1.29 is 14.6 Å². The summed E-state index contributed by atoms with van der Waals surface area (Å²) in [4.78, 5) is 17.3. The molecule has 176 valence electrons. The smallest absolute Gasteiger partial charge is 0.298 e. The molecule has 1 saturated heterocycles. The van der Waals surface area contributed by atoms with Gasteiger partial charge in [-0.25, -0.2) is 0 Å². The van der Waals surface area contributed by atoms with E-state index in [0.29, 0.717) is 12.8 Å². The molecule has 2 bridgehead atoms. The van der Waals surface area contributed by atoms with Gasteiger partial charge in [-0.1, -0.05) is 24.1 Å². The quantitative estimate of drug-likeness (QED) is 0.671. The lowest BCUT2D eigenvalue weighted by Gasteiger charge is -2.64. The Morgan fingerprint density at radius 1 is 1.21 bits per heavy atom. The average Bonchev–Trinajstić information content (AvgIpc) is 3.16. The van der Waals surface area contributed by atoms with Crippen LogP contribution in [0.1, 0.15) is 47.1 Å². The summed E-state index contributed by atoms with van der Waals surface area (Å²) in [5, 5.41) is 12.3. The van der Waals surface area contributed by atoms with Crippen LogP contribution >= 0.6 is 0 Å². The first-order valence-corrected chi connectivity index (χ1v) is 12.3. The minimum atomic E-state index is -0.851. The van der Waals surface area contributed by atoms with Crippen molar-refractivity contribution in [3.8, 4) is 17.6 Å². The van der Waals surface area contributed by atoms with Crippen LogP contribution in [-0.2, 0) is 16.6 Å². The molecule has 1 spiro atoms. The van der Waals surface area contributed by atoms with E-state index < -0.39 is 11.0 Å². The summed E-state index contributed by atoms with van der Waals surface area (Å²) in [6.45, 7) is 5.04. The van der Waals surface area contributed by atoms with E-state index in [1.54, 1.807) is 4.90 Å². The van der Waals surface area contributed by atoms with E-state index in [-0.39, 0.29) is 24.1 Å². The molecule has 5 heteroatoms. The van der Waals surface area contributed by atoms with Gasteiger partial charge in [0.25, 0.3) is 5.91 Å². The third-order valence-electron chi connectivity index (χ3n) is 9.24. The van der Waals surface area contributed by atoms with Crippen LogP contribution in [0.5, 0.6) is 5.75 Å². The molecule has 2 fully saturated rings. The Bertz CT molecular complexity index is 1260.